The third-order valence-corrected chi connectivity index (χ3v) is 1.71. The second kappa shape index (κ2) is 3.35. The normalized spacial score (nSPS) is 13.0. The third kappa shape index (κ3) is 1.56. The summed E-state index contributed by atoms with van der Waals surface area (Å²) in [5.41, 5.74) is 1.28. The van der Waals surface area contributed by atoms with Crippen LogP contribution in [0.15, 0.2) is 24.5 Å². The number of hydrogen-bond acceptors (Lipinski definition) is 1. The number of aromatic nitrogens is 1. The summed E-state index contributed by atoms with van der Waals surface area (Å²) in [6, 6.07) is 4.06. The summed E-state index contributed by atoms with van der Waals surface area (Å²) in [5, 5.41) is 0. The lowest BCUT2D eigenvalue weighted by molar-refractivity contribution is 0.878. The number of nitrogens with zero attached hydrogens (tertiary/aromatic N) is 1. The number of hydrogen-bond donors (Lipinski definition) is 0. The monoisotopic (exact) mass is 134 g/mol. The smallest absolute Gasteiger partial charge is 0.0302 e. The SMILES string of the molecule is C[CH]C(C)c1cccnc1. The molecule has 0 saturated carbocycles. The lowest BCUT2D eigenvalue weighted by Crippen LogP contribution is -1.91. The minimum atomic E-state index is 0.522. The van der Waals surface area contributed by atoms with Crippen LogP contribution in [0.4, 0.5) is 0 Å². The maximum absolute atomic E-state index is 4.03. The van der Waals surface area contributed by atoms with Gasteiger partial charge in [0.05, 0.1) is 0 Å². The summed E-state index contributed by atoms with van der Waals surface area (Å²) >= 11 is 0. The molecule has 0 fully saturated rings. The quantitative estimate of drug-likeness (QED) is 0.605. The van der Waals surface area contributed by atoms with E-state index in [9.17, 15) is 0 Å². The summed E-state index contributed by atoms with van der Waals surface area (Å²) in [4.78, 5) is 4.03. The van der Waals surface area contributed by atoms with Crippen molar-refractivity contribution in [3.8, 4) is 0 Å². The molecule has 1 heteroatoms. The van der Waals surface area contributed by atoms with Crippen molar-refractivity contribution in [1.29, 1.82) is 0 Å². The predicted molar refractivity (Wildman–Crippen MR) is 42.6 cm³/mol. The minimum Gasteiger partial charge on any atom is -0.264 e. The van der Waals surface area contributed by atoms with Crippen LogP contribution in [0, 0.1) is 6.42 Å². The van der Waals surface area contributed by atoms with E-state index < -0.39 is 0 Å². The van der Waals surface area contributed by atoms with Crippen molar-refractivity contribution >= 4 is 0 Å². The van der Waals surface area contributed by atoms with E-state index >= 15 is 0 Å². The summed E-state index contributed by atoms with van der Waals surface area (Å²) in [5.74, 6) is 0.522. The van der Waals surface area contributed by atoms with Crippen molar-refractivity contribution in [3.63, 3.8) is 0 Å². The van der Waals surface area contributed by atoms with E-state index in [4.69, 9.17) is 0 Å². The third-order valence-electron chi connectivity index (χ3n) is 1.71. The molecule has 0 aliphatic rings. The Hall–Kier alpha value is -0.850. The fourth-order valence-electron chi connectivity index (χ4n) is 0.838. The molecule has 0 aromatic carbocycles. The van der Waals surface area contributed by atoms with Gasteiger partial charge in [0.2, 0.25) is 0 Å². The van der Waals surface area contributed by atoms with Gasteiger partial charge in [0, 0.05) is 12.4 Å². The van der Waals surface area contributed by atoms with Crippen LogP contribution in [0.2, 0.25) is 0 Å². The van der Waals surface area contributed by atoms with Crippen LogP contribution >= 0.6 is 0 Å². The van der Waals surface area contributed by atoms with E-state index in [1.807, 2.05) is 12.3 Å². The Labute approximate surface area is 62.1 Å². The molecular formula is C9H12N. The molecule has 1 unspecified atom stereocenters. The van der Waals surface area contributed by atoms with Crippen molar-refractivity contribution in [3.05, 3.63) is 36.5 Å². The molecule has 1 aromatic heterocycles. The molecule has 1 aromatic rings. The second-order valence-electron chi connectivity index (χ2n) is 2.41. The van der Waals surface area contributed by atoms with Crippen LogP contribution < -0.4 is 0 Å². The molecule has 0 aliphatic carbocycles. The molecule has 1 atom stereocenters. The Kier molecular flexibility index (Phi) is 2.43. The van der Waals surface area contributed by atoms with E-state index in [0.29, 0.717) is 5.92 Å². The first-order valence-electron chi connectivity index (χ1n) is 3.54. The van der Waals surface area contributed by atoms with Gasteiger partial charge in [0.1, 0.15) is 0 Å². The molecule has 1 nitrogen and oxygen atoms in total. The molecule has 1 rings (SSSR count). The van der Waals surface area contributed by atoms with Crippen molar-refractivity contribution in [2.75, 3.05) is 0 Å². The molecule has 1 radical (unpaired) electrons. The van der Waals surface area contributed by atoms with Crippen LogP contribution in [0.1, 0.15) is 25.3 Å². The second-order valence-corrected chi connectivity index (χ2v) is 2.41. The summed E-state index contributed by atoms with van der Waals surface area (Å²) in [6.07, 6.45) is 5.87. The highest BCUT2D eigenvalue weighted by Crippen LogP contribution is 2.14. The molecular weight excluding hydrogens is 122 g/mol. The minimum absolute atomic E-state index is 0.522. The molecule has 0 spiro atoms. The Morgan fingerprint density at radius 2 is 2.40 bits per heavy atom. The Balaban J connectivity index is 2.75. The zero-order valence-electron chi connectivity index (χ0n) is 6.41. The van der Waals surface area contributed by atoms with E-state index in [2.05, 4.69) is 31.3 Å². The van der Waals surface area contributed by atoms with Crippen LogP contribution in [0.5, 0.6) is 0 Å². The summed E-state index contributed by atoms with van der Waals surface area (Å²) in [7, 11) is 0. The van der Waals surface area contributed by atoms with Gasteiger partial charge in [-0.3, -0.25) is 4.98 Å². The fourth-order valence-corrected chi connectivity index (χ4v) is 0.838. The largest absolute Gasteiger partial charge is 0.264 e. The topological polar surface area (TPSA) is 12.9 Å². The van der Waals surface area contributed by atoms with Gasteiger partial charge in [-0.25, -0.2) is 0 Å². The highest BCUT2D eigenvalue weighted by atomic mass is 14.6. The standard InChI is InChI=1S/C9H12N/c1-3-8(2)9-5-4-6-10-7-9/h3-8H,1-2H3. The van der Waals surface area contributed by atoms with Crippen LogP contribution in [-0.2, 0) is 0 Å². The first-order chi connectivity index (χ1) is 4.84. The Morgan fingerprint density at radius 1 is 1.60 bits per heavy atom. The van der Waals surface area contributed by atoms with Crippen molar-refractivity contribution in [1.82, 2.24) is 4.98 Å². The number of rotatable bonds is 2. The van der Waals surface area contributed by atoms with E-state index in [1.54, 1.807) is 6.20 Å². The van der Waals surface area contributed by atoms with Gasteiger partial charge in [0.25, 0.3) is 0 Å². The zero-order valence-corrected chi connectivity index (χ0v) is 6.41. The predicted octanol–water partition coefficient (Wildman–Crippen LogP) is 2.41. The van der Waals surface area contributed by atoms with Crippen LogP contribution in [0.25, 0.3) is 0 Å². The van der Waals surface area contributed by atoms with Gasteiger partial charge in [-0.05, 0) is 24.0 Å². The van der Waals surface area contributed by atoms with E-state index in [1.165, 1.54) is 5.56 Å². The average molecular weight is 134 g/mol. The Bertz CT molecular complexity index is 181. The van der Waals surface area contributed by atoms with Crippen molar-refractivity contribution < 1.29 is 0 Å². The molecule has 10 heavy (non-hydrogen) atoms. The molecule has 0 bridgehead atoms. The molecule has 0 aliphatic heterocycles. The van der Waals surface area contributed by atoms with E-state index in [0.717, 1.165) is 0 Å². The van der Waals surface area contributed by atoms with Crippen LogP contribution in [-0.4, -0.2) is 4.98 Å². The molecule has 0 amide bonds. The van der Waals surface area contributed by atoms with Gasteiger partial charge >= 0.3 is 0 Å². The van der Waals surface area contributed by atoms with E-state index in [-0.39, 0.29) is 0 Å². The highest BCUT2D eigenvalue weighted by Gasteiger charge is 2.00. The maximum Gasteiger partial charge on any atom is 0.0302 e. The number of pyridine rings is 1. The first kappa shape index (κ1) is 7.26. The van der Waals surface area contributed by atoms with Gasteiger partial charge < -0.3 is 0 Å². The molecule has 0 saturated heterocycles. The molecule has 1 heterocycles. The Morgan fingerprint density at radius 3 is 2.90 bits per heavy atom. The van der Waals surface area contributed by atoms with Gasteiger partial charge in [0.15, 0.2) is 0 Å². The fraction of sp³-hybridized carbons (Fsp3) is 0.333. The van der Waals surface area contributed by atoms with Crippen molar-refractivity contribution in [2.45, 2.75) is 19.8 Å². The average Bonchev–Trinajstić information content (AvgIpc) is 2.05. The summed E-state index contributed by atoms with van der Waals surface area (Å²) in [6.45, 7) is 4.23. The van der Waals surface area contributed by atoms with Gasteiger partial charge in [-0.1, -0.05) is 19.9 Å². The van der Waals surface area contributed by atoms with Crippen molar-refractivity contribution in [2.24, 2.45) is 0 Å². The van der Waals surface area contributed by atoms with Gasteiger partial charge in [-0.15, -0.1) is 0 Å². The van der Waals surface area contributed by atoms with Crippen LogP contribution in [0.3, 0.4) is 0 Å². The first-order valence-corrected chi connectivity index (χ1v) is 3.54. The molecule has 53 valence electrons. The lowest BCUT2D eigenvalue weighted by Gasteiger charge is -2.05. The zero-order chi connectivity index (χ0) is 7.40. The van der Waals surface area contributed by atoms with Gasteiger partial charge in [-0.2, -0.15) is 0 Å². The lowest BCUT2D eigenvalue weighted by atomic mass is 10.0. The molecule has 0 N–H and O–H groups in total. The maximum atomic E-state index is 4.03. The highest BCUT2D eigenvalue weighted by molar-refractivity contribution is 5.15. The summed E-state index contributed by atoms with van der Waals surface area (Å²) < 4.78 is 0.